The third-order valence-electron chi connectivity index (χ3n) is 2.84. The molecule has 1 aromatic rings. The van der Waals surface area contributed by atoms with Crippen LogP contribution in [-0.2, 0) is 4.74 Å². The van der Waals surface area contributed by atoms with E-state index < -0.39 is 37.3 Å². The number of rotatable bonds is 3. The zero-order valence-corrected chi connectivity index (χ0v) is 9.59. The van der Waals surface area contributed by atoms with Crippen LogP contribution in [0.4, 0.5) is 0 Å². The van der Waals surface area contributed by atoms with Crippen LogP contribution in [0.2, 0.25) is 0 Å². The van der Waals surface area contributed by atoms with Crippen molar-refractivity contribution in [2.75, 3.05) is 6.61 Å². The summed E-state index contributed by atoms with van der Waals surface area (Å²) in [6.07, 6.45) is -6.28. The topological polar surface area (TPSA) is 99.4 Å². The van der Waals surface area contributed by atoms with Crippen LogP contribution in [0.25, 0.3) is 0 Å². The third kappa shape index (κ3) is 2.63. The van der Waals surface area contributed by atoms with E-state index in [1.807, 2.05) is 0 Å². The van der Waals surface area contributed by atoms with E-state index in [4.69, 9.17) is 14.6 Å². The Labute approximate surface area is 104 Å². The van der Waals surface area contributed by atoms with Crippen molar-refractivity contribution in [2.45, 2.75) is 30.7 Å². The van der Waals surface area contributed by atoms with Crippen molar-refractivity contribution in [2.24, 2.45) is 0 Å². The molecule has 0 bridgehead atoms. The minimum absolute atomic E-state index is 0.460. The quantitative estimate of drug-likeness (QED) is 0.546. The molecule has 6 nitrogen and oxygen atoms in total. The van der Waals surface area contributed by atoms with Crippen LogP contribution < -0.4 is 4.74 Å². The highest BCUT2D eigenvalue weighted by atomic mass is 16.7. The van der Waals surface area contributed by atoms with Crippen molar-refractivity contribution < 1.29 is 29.9 Å². The largest absolute Gasteiger partial charge is 0.462 e. The Morgan fingerprint density at radius 3 is 2.28 bits per heavy atom. The first kappa shape index (κ1) is 13.3. The van der Waals surface area contributed by atoms with E-state index in [9.17, 15) is 15.3 Å². The highest BCUT2D eigenvalue weighted by molar-refractivity contribution is 5.21. The molecular weight excluding hydrogens is 240 g/mol. The predicted octanol–water partition coefficient (Wildman–Crippen LogP) is -1.13. The number of hydrogen-bond acceptors (Lipinski definition) is 6. The first-order chi connectivity index (χ1) is 8.63. The van der Waals surface area contributed by atoms with E-state index in [1.165, 1.54) is 0 Å². The molecule has 1 aromatic carbocycles. The fraction of sp³-hybridized carbons (Fsp3) is 0.500. The fourth-order valence-electron chi connectivity index (χ4n) is 1.80. The van der Waals surface area contributed by atoms with Crippen molar-refractivity contribution in [3.63, 3.8) is 0 Å². The lowest BCUT2D eigenvalue weighted by molar-refractivity contribution is -0.277. The molecule has 0 aromatic heterocycles. The summed E-state index contributed by atoms with van der Waals surface area (Å²) in [6.45, 7) is -0.473. The normalized spacial score (nSPS) is 36.3. The average molecular weight is 256 g/mol. The van der Waals surface area contributed by atoms with Crippen LogP contribution in [-0.4, -0.2) is 57.7 Å². The highest BCUT2D eigenvalue weighted by Gasteiger charge is 2.44. The van der Waals surface area contributed by atoms with E-state index in [2.05, 4.69) is 0 Å². The van der Waals surface area contributed by atoms with Crippen LogP contribution in [0.1, 0.15) is 0 Å². The number of benzene rings is 1. The third-order valence-corrected chi connectivity index (χ3v) is 2.84. The Balaban J connectivity index is 2.08. The molecule has 5 atom stereocenters. The SMILES string of the molecule is OCC1OC(Oc2ccccc2)C(O)[C@@H](O)[C@@H]1O. The van der Waals surface area contributed by atoms with Crippen molar-refractivity contribution in [1.82, 2.24) is 0 Å². The van der Waals surface area contributed by atoms with Crippen molar-refractivity contribution in [3.8, 4) is 5.75 Å². The maximum Gasteiger partial charge on any atom is 0.229 e. The first-order valence-electron chi connectivity index (χ1n) is 5.65. The molecule has 1 aliphatic heterocycles. The summed E-state index contributed by atoms with van der Waals surface area (Å²) in [5, 5.41) is 37.9. The van der Waals surface area contributed by atoms with E-state index >= 15 is 0 Å². The molecule has 0 aliphatic carbocycles. The Hall–Kier alpha value is -1.18. The van der Waals surface area contributed by atoms with Gasteiger partial charge in [0.1, 0.15) is 30.2 Å². The second-order valence-corrected chi connectivity index (χ2v) is 4.13. The van der Waals surface area contributed by atoms with Gasteiger partial charge in [0.05, 0.1) is 6.61 Å². The standard InChI is InChI=1S/C12H16O6/c13-6-8-9(14)10(15)11(16)12(18-8)17-7-4-2-1-3-5-7/h1-5,8-16H,6H2/t8?,9-,10+,11?,12?/m1/s1. The van der Waals surface area contributed by atoms with Gasteiger partial charge in [-0.3, -0.25) is 0 Å². The molecule has 1 aliphatic rings. The minimum Gasteiger partial charge on any atom is -0.462 e. The molecule has 4 N–H and O–H groups in total. The van der Waals surface area contributed by atoms with Crippen LogP contribution >= 0.6 is 0 Å². The number of ether oxygens (including phenoxy) is 2. The zero-order chi connectivity index (χ0) is 13.1. The Morgan fingerprint density at radius 1 is 1.00 bits per heavy atom. The molecule has 18 heavy (non-hydrogen) atoms. The van der Waals surface area contributed by atoms with Gasteiger partial charge in [0, 0.05) is 0 Å². The van der Waals surface area contributed by atoms with Crippen LogP contribution in [0.5, 0.6) is 5.75 Å². The molecule has 6 heteroatoms. The highest BCUT2D eigenvalue weighted by Crippen LogP contribution is 2.23. The molecular formula is C12H16O6. The number of aliphatic hydroxyl groups is 4. The van der Waals surface area contributed by atoms with Crippen LogP contribution in [0.15, 0.2) is 30.3 Å². The fourth-order valence-corrected chi connectivity index (χ4v) is 1.80. The van der Waals surface area contributed by atoms with Gasteiger partial charge in [-0.1, -0.05) is 18.2 Å². The van der Waals surface area contributed by atoms with E-state index in [0.717, 1.165) is 0 Å². The average Bonchev–Trinajstić information content (AvgIpc) is 2.40. The van der Waals surface area contributed by atoms with Gasteiger partial charge in [-0.05, 0) is 12.1 Å². The molecule has 0 spiro atoms. The summed E-state index contributed by atoms with van der Waals surface area (Å²) < 4.78 is 10.6. The summed E-state index contributed by atoms with van der Waals surface area (Å²) in [6, 6.07) is 8.64. The lowest BCUT2D eigenvalue weighted by atomic mass is 9.99. The molecule has 1 fully saturated rings. The number of aliphatic hydroxyl groups excluding tert-OH is 4. The van der Waals surface area contributed by atoms with Crippen LogP contribution in [0.3, 0.4) is 0 Å². The Morgan fingerprint density at radius 2 is 1.67 bits per heavy atom. The summed E-state index contributed by atoms with van der Waals surface area (Å²) in [7, 11) is 0. The predicted molar refractivity (Wildman–Crippen MR) is 60.8 cm³/mol. The van der Waals surface area contributed by atoms with E-state index in [0.29, 0.717) is 5.75 Å². The second-order valence-electron chi connectivity index (χ2n) is 4.13. The number of para-hydroxylation sites is 1. The molecule has 1 saturated heterocycles. The molecule has 3 unspecified atom stereocenters. The van der Waals surface area contributed by atoms with Crippen molar-refractivity contribution in [1.29, 1.82) is 0 Å². The smallest absolute Gasteiger partial charge is 0.229 e. The number of hydrogen-bond donors (Lipinski definition) is 4. The van der Waals surface area contributed by atoms with Gasteiger partial charge >= 0.3 is 0 Å². The maximum atomic E-state index is 9.74. The van der Waals surface area contributed by atoms with Crippen molar-refractivity contribution >= 4 is 0 Å². The molecule has 0 radical (unpaired) electrons. The lowest BCUT2D eigenvalue weighted by Gasteiger charge is -2.39. The van der Waals surface area contributed by atoms with Crippen LogP contribution in [0, 0.1) is 0 Å². The summed E-state index contributed by atoms with van der Waals surface area (Å²) in [5.74, 6) is 0.460. The maximum absolute atomic E-state index is 9.74. The molecule has 2 rings (SSSR count). The van der Waals surface area contributed by atoms with Gasteiger partial charge in [-0.25, -0.2) is 0 Å². The molecule has 1 heterocycles. The summed E-state index contributed by atoms with van der Waals surface area (Å²) >= 11 is 0. The minimum atomic E-state index is -1.43. The van der Waals surface area contributed by atoms with Gasteiger partial charge < -0.3 is 29.9 Å². The van der Waals surface area contributed by atoms with E-state index in [-0.39, 0.29) is 0 Å². The zero-order valence-electron chi connectivity index (χ0n) is 9.59. The Bertz CT molecular complexity index is 368. The summed E-state index contributed by atoms with van der Waals surface area (Å²) in [4.78, 5) is 0. The molecule has 0 amide bonds. The van der Waals surface area contributed by atoms with Gasteiger partial charge in [0.25, 0.3) is 0 Å². The first-order valence-corrected chi connectivity index (χ1v) is 5.65. The molecule has 100 valence electrons. The summed E-state index contributed by atoms with van der Waals surface area (Å²) in [5.41, 5.74) is 0. The van der Waals surface area contributed by atoms with Gasteiger partial charge in [0.15, 0.2) is 0 Å². The molecule has 0 saturated carbocycles. The van der Waals surface area contributed by atoms with Gasteiger partial charge in [-0.15, -0.1) is 0 Å². The lowest BCUT2D eigenvalue weighted by Crippen LogP contribution is -2.60. The monoisotopic (exact) mass is 256 g/mol. The Kier molecular flexibility index (Phi) is 4.15. The second kappa shape index (κ2) is 5.64. The van der Waals surface area contributed by atoms with Crippen molar-refractivity contribution in [3.05, 3.63) is 30.3 Å². The van der Waals surface area contributed by atoms with E-state index in [1.54, 1.807) is 30.3 Å². The van der Waals surface area contributed by atoms with Gasteiger partial charge in [-0.2, -0.15) is 0 Å². The van der Waals surface area contributed by atoms with Gasteiger partial charge in [0.2, 0.25) is 6.29 Å².